The lowest BCUT2D eigenvalue weighted by Crippen LogP contribution is -2.23. The van der Waals surface area contributed by atoms with Crippen molar-refractivity contribution >= 4 is 16.6 Å². The number of carbonyl (C=O) groups excluding carboxylic acids is 1. The standard InChI is InChI=1S/C23H23NO2/c1-2-3-4-5-10-15-24-21-17-12-7-8-13-18(17)22(25)20(21)16-11-6-9-14-19(16)23(24)26/h6-9,11-14H,2-5,10,15H2,1H3. The van der Waals surface area contributed by atoms with Crippen LogP contribution in [0.4, 0.5) is 0 Å². The van der Waals surface area contributed by atoms with Crippen LogP contribution in [-0.4, -0.2) is 10.4 Å². The van der Waals surface area contributed by atoms with Gasteiger partial charge in [-0.1, -0.05) is 75.1 Å². The van der Waals surface area contributed by atoms with Crippen LogP contribution in [0.2, 0.25) is 0 Å². The van der Waals surface area contributed by atoms with Crippen LogP contribution >= 0.6 is 0 Å². The van der Waals surface area contributed by atoms with E-state index in [1.54, 1.807) is 0 Å². The molecule has 0 saturated heterocycles. The number of benzene rings is 2. The van der Waals surface area contributed by atoms with Gasteiger partial charge in [0.05, 0.1) is 11.3 Å². The van der Waals surface area contributed by atoms with Crippen LogP contribution in [0.1, 0.15) is 54.9 Å². The van der Waals surface area contributed by atoms with Crippen molar-refractivity contribution in [2.45, 2.75) is 45.6 Å². The molecule has 132 valence electrons. The van der Waals surface area contributed by atoms with Crippen molar-refractivity contribution in [3.8, 4) is 11.3 Å². The highest BCUT2D eigenvalue weighted by molar-refractivity contribution is 6.26. The van der Waals surface area contributed by atoms with Crippen molar-refractivity contribution in [2.75, 3.05) is 0 Å². The van der Waals surface area contributed by atoms with Crippen LogP contribution in [0.25, 0.3) is 22.0 Å². The van der Waals surface area contributed by atoms with Gasteiger partial charge in [-0.3, -0.25) is 9.59 Å². The summed E-state index contributed by atoms with van der Waals surface area (Å²) in [5.74, 6) is 0.0338. The zero-order valence-corrected chi connectivity index (χ0v) is 15.1. The van der Waals surface area contributed by atoms with E-state index < -0.39 is 0 Å². The number of fused-ring (bicyclic) bond motifs is 5. The fraction of sp³-hybridized carbons (Fsp3) is 0.304. The first-order valence-corrected chi connectivity index (χ1v) is 9.53. The predicted molar refractivity (Wildman–Crippen MR) is 106 cm³/mol. The van der Waals surface area contributed by atoms with Gasteiger partial charge in [-0.25, -0.2) is 0 Å². The van der Waals surface area contributed by atoms with E-state index in [9.17, 15) is 9.59 Å². The van der Waals surface area contributed by atoms with Gasteiger partial charge in [0, 0.05) is 28.4 Å². The Morgan fingerprint density at radius 1 is 0.769 bits per heavy atom. The first-order chi connectivity index (χ1) is 12.7. The Bertz CT molecular complexity index is 1050. The van der Waals surface area contributed by atoms with Crippen molar-refractivity contribution < 1.29 is 4.79 Å². The Hall–Kier alpha value is -2.68. The van der Waals surface area contributed by atoms with E-state index in [1.165, 1.54) is 19.3 Å². The van der Waals surface area contributed by atoms with Crippen molar-refractivity contribution in [3.05, 3.63) is 70.0 Å². The second kappa shape index (κ2) is 6.91. The number of hydrogen-bond donors (Lipinski definition) is 0. The number of rotatable bonds is 6. The molecule has 0 radical (unpaired) electrons. The van der Waals surface area contributed by atoms with Crippen molar-refractivity contribution in [2.24, 2.45) is 0 Å². The van der Waals surface area contributed by atoms with Gasteiger partial charge in [0.15, 0.2) is 5.78 Å². The number of aromatic nitrogens is 1. The molecular weight excluding hydrogens is 322 g/mol. The quantitative estimate of drug-likeness (QED) is 0.452. The smallest absolute Gasteiger partial charge is 0.258 e. The van der Waals surface area contributed by atoms with Gasteiger partial charge in [0.25, 0.3) is 5.56 Å². The van der Waals surface area contributed by atoms with Gasteiger partial charge in [0.2, 0.25) is 0 Å². The Balaban J connectivity index is 1.88. The van der Waals surface area contributed by atoms with E-state index >= 15 is 0 Å². The van der Waals surface area contributed by atoms with E-state index in [1.807, 2.05) is 53.1 Å². The minimum absolute atomic E-state index is 0.0133. The third-order valence-corrected chi connectivity index (χ3v) is 5.32. The van der Waals surface area contributed by atoms with E-state index in [-0.39, 0.29) is 11.3 Å². The lowest BCUT2D eigenvalue weighted by Gasteiger charge is -2.15. The molecule has 1 heterocycles. The molecule has 2 aromatic carbocycles. The van der Waals surface area contributed by atoms with Gasteiger partial charge in [0.1, 0.15) is 0 Å². The zero-order chi connectivity index (χ0) is 18.1. The van der Waals surface area contributed by atoms with Crippen LogP contribution in [-0.2, 0) is 6.54 Å². The molecule has 0 N–H and O–H groups in total. The van der Waals surface area contributed by atoms with Gasteiger partial charge in [-0.15, -0.1) is 0 Å². The molecule has 0 saturated carbocycles. The minimum atomic E-state index is 0.0133. The second-order valence-corrected chi connectivity index (χ2v) is 7.01. The van der Waals surface area contributed by atoms with Crippen molar-refractivity contribution in [3.63, 3.8) is 0 Å². The number of pyridine rings is 1. The summed E-state index contributed by atoms with van der Waals surface area (Å²) in [5, 5.41) is 1.41. The first-order valence-electron chi connectivity index (χ1n) is 9.53. The molecule has 0 spiro atoms. The summed E-state index contributed by atoms with van der Waals surface area (Å²) in [4.78, 5) is 26.2. The Labute approximate surface area is 153 Å². The molecule has 0 unspecified atom stereocenters. The summed E-state index contributed by atoms with van der Waals surface area (Å²) in [6.45, 7) is 2.86. The number of ketones is 1. The number of nitrogens with zero attached hydrogens (tertiary/aromatic N) is 1. The van der Waals surface area contributed by atoms with Crippen LogP contribution in [0.5, 0.6) is 0 Å². The minimum Gasteiger partial charge on any atom is -0.307 e. The molecule has 1 aliphatic rings. The maximum atomic E-state index is 13.2. The topological polar surface area (TPSA) is 39.1 Å². The van der Waals surface area contributed by atoms with Crippen molar-refractivity contribution in [1.82, 2.24) is 4.57 Å². The zero-order valence-electron chi connectivity index (χ0n) is 15.1. The SMILES string of the molecule is CCCCCCCn1c2c(c3ccccc3c1=O)C(=O)c1ccccc1-2. The molecule has 26 heavy (non-hydrogen) atoms. The first kappa shape index (κ1) is 16.8. The summed E-state index contributed by atoms with van der Waals surface area (Å²) >= 11 is 0. The highest BCUT2D eigenvalue weighted by Crippen LogP contribution is 2.39. The molecule has 1 aliphatic carbocycles. The normalized spacial score (nSPS) is 12.4. The van der Waals surface area contributed by atoms with E-state index in [2.05, 4.69) is 6.92 Å². The highest BCUT2D eigenvalue weighted by atomic mass is 16.1. The Morgan fingerprint density at radius 3 is 2.19 bits per heavy atom. The van der Waals surface area contributed by atoms with Crippen LogP contribution in [0.15, 0.2) is 53.3 Å². The monoisotopic (exact) mass is 345 g/mol. The third kappa shape index (κ3) is 2.59. The summed E-state index contributed by atoms with van der Waals surface area (Å²) in [6, 6.07) is 15.1. The molecule has 4 rings (SSSR count). The fourth-order valence-electron chi connectivity index (χ4n) is 4.02. The maximum Gasteiger partial charge on any atom is 0.258 e. The molecule has 3 nitrogen and oxygen atoms in total. The summed E-state index contributed by atoms with van der Waals surface area (Å²) in [7, 11) is 0. The van der Waals surface area contributed by atoms with Crippen molar-refractivity contribution in [1.29, 1.82) is 0 Å². The molecule has 0 atom stereocenters. The number of carbonyl (C=O) groups is 1. The average Bonchev–Trinajstić information content (AvgIpc) is 2.97. The van der Waals surface area contributed by atoms with Crippen LogP contribution < -0.4 is 5.56 Å². The van der Waals surface area contributed by atoms with Gasteiger partial charge in [-0.05, 0) is 12.5 Å². The van der Waals surface area contributed by atoms with Crippen LogP contribution in [0, 0.1) is 0 Å². The summed E-state index contributed by atoms with van der Waals surface area (Å²) in [5.41, 5.74) is 3.11. The van der Waals surface area contributed by atoms with Gasteiger partial charge >= 0.3 is 0 Å². The van der Waals surface area contributed by atoms with Gasteiger partial charge in [-0.2, -0.15) is 0 Å². The molecule has 0 aliphatic heterocycles. The van der Waals surface area contributed by atoms with Crippen LogP contribution in [0.3, 0.4) is 0 Å². The van der Waals surface area contributed by atoms with Gasteiger partial charge < -0.3 is 4.57 Å². The molecular formula is C23H23NO2. The second-order valence-electron chi connectivity index (χ2n) is 7.01. The largest absolute Gasteiger partial charge is 0.307 e. The van der Waals surface area contributed by atoms with E-state index in [0.717, 1.165) is 29.5 Å². The van der Waals surface area contributed by atoms with E-state index in [0.29, 0.717) is 23.1 Å². The lowest BCUT2D eigenvalue weighted by molar-refractivity contribution is 0.104. The molecule has 0 amide bonds. The Kier molecular flexibility index (Phi) is 4.46. The Morgan fingerprint density at radius 2 is 1.42 bits per heavy atom. The summed E-state index contributed by atoms with van der Waals surface area (Å²) in [6.07, 6.45) is 5.69. The number of unbranched alkanes of at least 4 members (excludes halogenated alkanes) is 4. The maximum absolute atomic E-state index is 13.2. The fourth-order valence-corrected chi connectivity index (χ4v) is 4.02. The lowest BCUT2D eigenvalue weighted by atomic mass is 10.0. The molecule has 0 bridgehead atoms. The predicted octanol–water partition coefficient (Wildman–Crippen LogP) is 5.18. The molecule has 3 aromatic rings. The number of hydrogen-bond acceptors (Lipinski definition) is 2. The average molecular weight is 345 g/mol. The molecule has 0 fully saturated rings. The molecule has 1 aromatic heterocycles. The molecule has 3 heteroatoms. The summed E-state index contributed by atoms with van der Waals surface area (Å²) < 4.78 is 1.84. The highest BCUT2D eigenvalue weighted by Gasteiger charge is 2.31. The third-order valence-electron chi connectivity index (χ3n) is 5.32. The van der Waals surface area contributed by atoms with E-state index in [4.69, 9.17) is 0 Å².